The van der Waals surface area contributed by atoms with E-state index in [0.29, 0.717) is 10.0 Å². The lowest BCUT2D eigenvalue weighted by atomic mass is 10.0. The molecule has 0 heterocycles. The molecule has 84 valence electrons. The van der Waals surface area contributed by atoms with E-state index in [-0.39, 0.29) is 11.9 Å². The van der Waals surface area contributed by atoms with E-state index in [9.17, 15) is 4.39 Å². The van der Waals surface area contributed by atoms with Crippen molar-refractivity contribution in [3.05, 3.63) is 34.1 Å². The van der Waals surface area contributed by atoms with Crippen molar-refractivity contribution in [2.45, 2.75) is 38.6 Å². The van der Waals surface area contributed by atoms with Crippen LogP contribution in [0.1, 0.15) is 44.2 Å². The van der Waals surface area contributed by atoms with Gasteiger partial charge in [0.05, 0.1) is 4.47 Å². The zero-order chi connectivity index (χ0) is 11.3. The Labute approximate surface area is 99.0 Å². The first kappa shape index (κ1) is 12.7. The van der Waals surface area contributed by atoms with Crippen LogP contribution in [0.5, 0.6) is 0 Å². The predicted molar refractivity (Wildman–Crippen MR) is 65.2 cm³/mol. The van der Waals surface area contributed by atoms with E-state index in [1.807, 2.05) is 6.07 Å². The molecule has 0 spiro atoms. The normalized spacial score (nSPS) is 12.8. The summed E-state index contributed by atoms with van der Waals surface area (Å²) in [6.07, 6.45) is 4.22. The number of hydrogen-bond acceptors (Lipinski definition) is 1. The Balaban J connectivity index is 2.65. The summed E-state index contributed by atoms with van der Waals surface area (Å²) in [6, 6.07) is 5.09. The van der Waals surface area contributed by atoms with Crippen molar-refractivity contribution in [1.29, 1.82) is 0 Å². The number of halogens is 2. The topological polar surface area (TPSA) is 26.0 Å². The second-order valence-electron chi connectivity index (χ2n) is 3.75. The number of benzene rings is 1. The quantitative estimate of drug-likeness (QED) is 0.801. The Hall–Kier alpha value is -0.410. The molecule has 0 amide bonds. The van der Waals surface area contributed by atoms with Crippen molar-refractivity contribution in [3.8, 4) is 0 Å². The highest BCUT2D eigenvalue weighted by Crippen LogP contribution is 2.25. The van der Waals surface area contributed by atoms with Gasteiger partial charge < -0.3 is 5.73 Å². The van der Waals surface area contributed by atoms with Crippen LogP contribution in [0.4, 0.5) is 4.39 Å². The van der Waals surface area contributed by atoms with E-state index in [1.165, 1.54) is 0 Å². The minimum atomic E-state index is -0.221. The maximum absolute atomic E-state index is 13.6. The van der Waals surface area contributed by atoms with Gasteiger partial charge in [-0.15, -0.1) is 0 Å². The molecule has 1 aromatic carbocycles. The Morgan fingerprint density at radius 2 is 2.13 bits per heavy atom. The molecule has 0 saturated heterocycles. The van der Waals surface area contributed by atoms with E-state index >= 15 is 0 Å². The van der Waals surface area contributed by atoms with Gasteiger partial charge in [0.15, 0.2) is 0 Å². The molecule has 0 radical (unpaired) electrons. The van der Waals surface area contributed by atoms with Crippen LogP contribution in [0.2, 0.25) is 0 Å². The minimum Gasteiger partial charge on any atom is -0.324 e. The van der Waals surface area contributed by atoms with Crippen LogP contribution in [0.25, 0.3) is 0 Å². The Morgan fingerprint density at radius 3 is 2.80 bits per heavy atom. The van der Waals surface area contributed by atoms with Crippen LogP contribution in [-0.4, -0.2) is 0 Å². The van der Waals surface area contributed by atoms with Gasteiger partial charge in [-0.25, -0.2) is 4.39 Å². The fourth-order valence-electron chi connectivity index (χ4n) is 1.58. The van der Waals surface area contributed by atoms with Crippen LogP contribution in [0.3, 0.4) is 0 Å². The van der Waals surface area contributed by atoms with Crippen molar-refractivity contribution in [2.75, 3.05) is 0 Å². The first-order chi connectivity index (χ1) is 7.16. The summed E-state index contributed by atoms with van der Waals surface area (Å²) < 4.78 is 14.1. The lowest BCUT2D eigenvalue weighted by Crippen LogP contribution is -2.12. The molecular formula is C12H17BrFN. The maximum atomic E-state index is 13.6. The summed E-state index contributed by atoms with van der Waals surface area (Å²) in [5.41, 5.74) is 6.56. The highest BCUT2D eigenvalue weighted by Gasteiger charge is 2.12. The number of rotatable bonds is 5. The predicted octanol–water partition coefficient (Wildman–Crippen LogP) is 4.17. The van der Waals surface area contributed by atoms with Gasteiger partial charge in [-0.1, -0.05) is 38.3 Å². The fourth-order valence-corrected chi connectivity index (χ4v) is 1.96. The monoisotopic (exact) mass is 273 g/mol. The average molecular weight is 274 g/mol. The van der Waals surface area contributed by atoms with Crippen LogP contribution in [-0.2, 0) is 0 Å². The third-order valence-electron chi connectivity index (χ3n) is 2.50. The largest absolute Gasteiger partial charge is 0.324 e. The van der Waals surface area contributed by atoms with Gasteiger partial charge in [0, 0.05) is 11.6 Å². The lowest BCUT2D eigenvalue weighted by molar-refractivity contribution is 0.536. The molecule has 1 rings (SSSR count). The first-order valence-electron chi connectivity index (χ1n) is 5.36. The number of hydrogen-bond donors (Lipinski definition) is 1. The van der Waals surface area contributed by atoms with Crippen molar-refractivity contribution in [1.82, 2.24) is 0 Å². The molecule has 0 aromatic heterocycles. The molecule has 0 aliphatic rings. The van der Waals surface area contributed by atoms with Crippen molar-refractivity contribution in [2.24, 2.45) is 5.73 Å². The molecule has 0 aliphatic heterocycles. The van der Waals surface area contributed by atoms with E-state index in [2.05, 4.69) is 22.9 Å². The molecular weight excluding hydrogens is 257 g/mol. The van der Waals surface area contributed by atoms with Gasteiger partial charge >= 0.3 is 0 Å². The highest BCUT2D eigenvalue weighted by molar-refractivity contribution is 9.10. The molecule has 1 aromatic rings. The van der Waals surface area contributed by atoms with E-state index in [1.54, 1.807) is 12.1 Å². The Morgan fingerprint density at radius 1 is 1.40 bits per heavy atom. The van der Waals surface area contributed by atoms with Gasteiger partial charge in [-0.3, -0.25) is 0 Å². The van der Waals surface area contributed by atoms with Gasteiger partial charge in [-0.05, 0) is 28.4 Å². The van der Waals surface area contributed by atoms with Crippen LogP contribution >= 0.6 is 15.9 Å². The van der Waals surface area contributed by atoms with Gasteiger partial charge in [0.1, 0.15) is 5.82 Å². The number of unbranched alkanes of at least 4 members (excludes halogenated alkanes) is 2. The Bertz CT molecular complexity index is 314. The molecule has 1 atom stereocenters. The molecule has 0 fully saturated rings. The summed E-state index contributed by atoms with van der Waals surface area (Å²) in [7, 11) is 0. The van der Waals surface area contributed by atoms with E-state index in [0.717, 1.165) is 25.7 Å². The van der Waals surface area contributed by atoms with Crippen LogP contribution in [0, 0.1) is 5.82 Å². The summed E-state index contributed by atoms with van der Waals surface area (Å²) in [4.78, 5) is 0. The molecule has 0 saturated carbocycles. The second kappa shape index (κ2) is 6.23. The summed E-state index contributed by atoms with van der Waals surface area (Å²) in [5, 5.41) is 0. The van der Waals surface area contributed by atoms with Crippen molar-refractivity contribution >= 4 is 15.9 Å². The molecule has 1 nitrogen and oxygen atoms in total. The smallest absolute Gasteiger partial charge is 0.142 e. The van der Waals surface area contributed by atoms with E-state index in [4.69, 9.17) is 5.73 Å². The zero-order valence-electron chi connectivity index (χ0n) is 8.97. The second-order valence-corrected chi connectivity index (χ2v) is 4.60. The lowest BCUT2D eigenvalue weighted by Gasteiger charge is -2.13. The summed E-state index contributed by atoms with van der Waals surface area (Å²) >= 11 is 3.17. The number of nitrogens with two attached hydrogens (primary N) is 1. The van der Waals surface area contributed by atoms with Gasteiger partial charge in [0.2, 0.25) is 0 Å². The third kappa shape index (κ3) is 3.58. The average Bonchev–Trinajstić information content (AvgIpc) is 2.22. The maximum Gasteiger partial charge on any atom is 0.142 e. The molecule has 0 aliphatic carbocycles. The minimum absolute atomic E-state index is 0.186. The highest BCUT2D eigenvalue weighted by atomic mass is 79.9. The van der Waals surface area contributed by atoms with Crippen LogP contribution in [0.15, 0.2) is 22.7 Å². The van der Waals surface area contributed by atoms with E-state index < -0.39 is 0 Å². The summed E-state index contributed by atoms with van der Waals surface area (Å²) in [6.45, 7) is 2.14. The molecule has 2 N–H and O–H groups in total. The standard InChI is InChI=1S/C12H17BrFN/c1-2-3-4-8-11(15)9-6-5-7-10(13)12(9)14/h5-7,11H,2-4,8,15H2,1H3/t11-/m1/s1. The zero-order valence-corrected chi connectivity index (χ0v) is 10.6. The first-order valence-corrected chi connectivity index (χ1v) is 6.15. The molecule has 15 heavy (non-hydrogen) atoms. The molecule has 3 heteroatoms. The van der Waals surface area contributed by atoms with Crippen molar-refractivity contribution in [3.63, 3.8) is 0 Å². The molecule has 0 bridgehead atoms. The van der Waals surface area contributed by atoms with Crippen LogP contribution < -0.4 is 5.73 Å². The fraction of sp³-hybridized carbons (Fsp3) is 0.500. The SMILES string of the molecule is CCCCC[C@@H](N)c1cccc(Br)c1F. The third-order valence-corrected chi connectivity index (χ3v) is 3.11. The molecule has 0 unspecified atom stereocenters. The van der Waals surface area contributed by atoms with Gasteiger partial charge in [-0.2, -0.15) is 0 Å². The Kier molecular flexibility index (Phi) is 5.26. The van der Waals surface area contributed by atoms with Gasteiger partial charge in [0.25, 0.3) is 0 Å². The van der Waals surface area contributed by atoms with Crippen molar-refractivity contribution < 1.29 is 4.39 Å². The summed E-state index contributed by atoms with van der Waals surface area (Å²) in [5.74, 6) is -0.221.